The van der Waals surface area contributed by atoms with E-state index in [2.05, 4.69) is 136 Å². The molecule has 0 radical (unpaired) electrons. The Bertz CT molecular complexity index is 1440. The molecule has 0 atom stereocenters. The van der Waals surface area contributed by atoms with Gasteiger partial charge in [0, 0.05) is 12.3 Å². The molecule has 3 aromatic heterocycles. The van der Waals surface area contributed by atoms with Gasteiger partial charge in [-0.25, -0.2) is 15.0 Å². The number of rotatable bonds is 5. The van der Waals surface area contributed by atoms with Crippen LogP contribution >= 0.6 is 0 Å². The van der Waals surface area contributed by atoms with Gasteiger partial charge in [-0.15, -0.1) is 0 Å². The van der Waals surface area contributed by atoms with E-state index in [1.165, 1.54) is 11.1 Å². The first kappa shape index (κ1) is 31.2. The van der Waals surface area contributed by atoms with Gasteiger partial charge in [-0.3, -0.25) is 0 Å². The van der Waals surface area contributed by atoms with Gasteiger partial charge in [0.25, 0.3) is 0 Å². The molecule has 0 saturated heterocycles. The maximum atomic E-state index is 6.42. The van der Waals surface area contributed by atoms with E-state index in [0.717, 1.165) is 39.9 Å². The third-order valence-corrected chi connectivity index (χ3v) is 7.43. The molecule has 4 aromatic rings. The SMILES string of the molecule is CC(C)(C)c1cccc(Oc2cc(C(C)(C)C)cc(-c3cc(C(C)(C)C)cc(Nc4cc(C(C)(C)C)ccn4)n3)n2)c1. The smallest absolute Gasteiger partial charge is 0.220 e. The Morgan fingerprint density at radius 1 is 0.524 bits per heavy atom. The van der Waals surface area contributed by atoms with Gasteiger partial charge in [-0.1, -0.05) is 95.2 Å². The average Bonchev–Trinajstić information content (AvgIpc) is 2.87. The summed E-state index contributed by atoms with van der Waals surface area (Å²) in [5.41, 5.74) is 6.11. The Hall–Kier alpha value is -3.73. The number of ether oxygens (including phenoxy) is 1. The molecular weight excluding hydrogens is 516 g/mol. The van der Waals surface area contributed by atoms with Crippen molar-refractivity contribution >= 4 is 11.6 Å². The predicted molar refractivity (Wildman–Crippen MR) is 176 cm³/mol. The molecule has 222 valence electrons. The Kier molecular flexibility index (Phi) is 8.30. The van der Waals surface area contributed by atoms with Gasteiger partial charge < -0.3 is 10.1 Å². The van der Waals surface area contributed by atoms with Crippen molar-refractivity contribution in [3.8, 4) is 23.0 Å². The molecule has 0 aliphatic rings. The lowest BCUT2D eigenvalue weighted by molar-refractivity contribution is 0.456. The van der Waals surface area contributed by atoms with E-state index in [0.29, 0.717) is 5.88 Å². The number of pyridine rings is 3. The first-order valence-electron chi connectivity index (χ1n) is 14.9. The maximum absolute atomic E-state index is 6.42. The molecule has 0 fully saturated rings. The van der Waals surface area contributed by atoms with Crippen molar-refractivity contribution in [2.45, 2.75) is 105 Å². The summed E-state index contributed by atoms with van der Waals surface area (Å²) in [6.07, 6.45) is 1.85. The van der Waals surface area contributed by atoms with Gasteiger partial charge in [0.05, 0.1) is 11.4 Å². The molecule has 5 nitrogen and oxygen atoms in total. The maximum Gasteiger partial charge on any atom is 0.220 e. The number of nitrogens with one attached hydrogen (secondary N) is 1. The molecule has 0 amide bonds. The Morgan fingerprint density at radius 3 is 1.64 bits per heavy atom. The summed E-state index contributed by atoms with van der Waals surface area (Å²) in [5.74, 6) is 2.83. The minimum absolute atomic E-state index is 0.0192. The van der Waals surface area contributed by atoms with Crippen LogP contribution in [0.3, 0.4) is 0 Å². The molecule has 42 heavy (non-hydrogen) atoms. The molecule has 0 spiro atoms. The highest BCUT2D eigenvalue weighted by molar-refractivity contribution is 5.64. The lowest BCUT2D eigenvalue weighted by Gasteiger charge is -2.23. The van der Waals surface area contributed by atoms with Crippen molar-refractivity contribution in [2.75, 3.05) is 5.32 Å². The fourth-order valence-electron chi connectivity index (χ4n) is 4.52. The molecule has 0 bridgehead atoms. The average molecular weight is 565 g/mol. The van der Waals surface area contributed by atoms with E-state index in [-0.39, 0.29) is 21.7 Å². The lowest BCUT2D eigenvalue weighted by atomic mass is 9.85. The van der Waals surface area contributed by atoms with Crippen LogP contribution in [-0.2, 0) is 21.7 Å². The van der Waals surface area contributed by atoms with Crippen molar-refractivity contribution in [3.05, 3.63) is 89.1 Å². The van der Waals surface area contributed by atoms with Gasteiger partial charge in [0.2, 0.25) is 5.88 Å². The molecular formula is C37H48N4O. The summed E-state index contributed by atoms with van der Waals surface area (Å²) in [6.45, 7) is 26.5. The summed E-state index contributed by atoms with van der Waals surface area (Å²) in [5, 5.41) is 3.48. The van der Waals surface area contributed by atoms with Crippen molar-refractivity contribution in [1.29, 1.82) is 0 Å². The number of nitrogens with zero attached hydrogens (tertiary/aromatic N) is 3. The van der Waals surface area contributed by atoms with Crippen molar-refractivity contribution < 1.29 is 4.74 Å². The van der Waals surface area contributed by atoms with Crippen LogP contribution < -0.4 is 10.1 Å². The zero-order chi connectivity index (χ0) is 31.1. The number of hydrogen-bond donors (Lipinski definition) is 1. The highest BCUT2D eigenvalue weighted by Gasteiger charge is 2.22. The first-order chi connectivity index (χ1) is 19.3. The second kappa shape index (κ2) is 11.2. The zero-order valence-corrected chi connectivity index (χ0v) is 27.6. The second-order valence-corrected chi connectivity index (χ2v) is 15.4. The number of anilines is 2. The first-order valence-corrected chi connectivity index (χ1v) is 14.9. The molecule has 0 aliphatic heterocycles. The van der Waals surface area contributed by atoms with E-state index in [9.17, 15) is 0 Å². The standard InChI is InChI=1S/C37H48N4O/c1-34(2,3)24-14-13-15-28(18-24)42-33-23-27(37(10,11)12)20-30(40-33)29-19-26(36(7,8)9)22-32(39-29)41-31-21-25(16-17-38-31)35(4,5)6/h13-23H,1-12H3,(H,38,39,41). The van der Waals surface area contributed by atoms with E-state index < -0.39 is 0 Å². The Morgan fingerprint density at radius 2 is 1.05 bits per heavy atom. The number of benzene rings is 1. The molecule has 0 unspecified atom stereocenters. The van der Waals surface area contributed by atoms with E-state index in [1.54, 1.807) is 0 Å². The summed E-state index contributed by atoms with van der Waals surface area (Å²) in [4.78, 5) is 14.6. The molecule has 5 heteroatoms. The fraction of sp³-hybridized carbons (Fsp3) is 0.432. The molecule has 4 rings (SSSR count). The third-order valence-electron chi connectivity index (χ3n) is 7.43. The molecule has 1 aromatic carbocycles. The zero-order valence-electron chi connectivity index (χ0n) is 27.6. The largest absolute Gasteiger partial charge is 0.439 e. The van der Waals surface area contributed by atoms with Gasteiger partial charge in [0.1, 0.15) is 17.4 Å². The summed E-state index contributed by atoms with van der Waals surface area (Å²) < 4.78 is 6.42. The van der Waals surface area contributed by atoms with Crippen LogP contribution in [0.25, 0.3) is 11.4 Å². The number of hydrogen-bond acceptors (Lipinski definition) is 5. The highest BCUT2D eigenvalue weighted by atomic mass is 16.5. The highest BCUT2D eigenvalue weighted by Crippen LogP contribution is 2.35. The van der Waals surface area contributed by atoms with Gasteiger partial charge in [0.15, 0.2) is 0 Å². The minimum atomic E-state index is -0.108. The minimum Gasteiger partial charge on any atom is -0.439 e. The fourth-order valence-corrected chi connectivity index (χ4v) is 4.52. The van der Waals surface area contributed by atoms with Crippen LogP contribution in [0.2, 0.25) is 0 Å². The molecule has 1 N–H and O–H groups in total. The number of aromatic nitrogens is 3. The molecule has 3 heterocycles. The van der Waals surface area contributed by atoms with Crippen LogP contribution in [0, 0.1) is 0 Å². The molecule has 0 aliphatic carbocycles. The van der Waals surface area contributed by atoms with Crippen LogP contribution in [0.1, 0.15) is 105 Å². The third kappa shape index (κ3) is 7.76. The quantitative estimate of drug-likeness (QED) is 0.261. The van der Waals surface area contributed by atoms with E-state index >= 15 is 0 Å². The summed E-state index contributed by atoms with van der Waals surface area (Å²) >= 11 is 0. The van der Waals surface area contributed by atoms with Crippen molar-refractivity contribution in [3.63, 3.8) is 0 Å². The van der Waals surface area contributed by atoms with Crippen LogP contribution in [0.5, 0.6) is 11.6 Å². The summed E-state index contributed by atoms with van der Waals surface area (Å²) in [6, 6.07) is 20.9. The Labute approximate surface area is 253 Å². The van der Waals surface area contributed by atoms with Crippen LogP contribution in [0.4, 0.5) is 11.6 Å². The monoisotopic (exact) mass is 564 g/mol. The van der Waals surface area contributed by atoms with Crippen molar-refractivity contribution in [2.24, 2.45) is 0 Å². The Balaban J connectivity index is 1.81. The second-order valence-electron chi connectivity index (χ2n) is 15.4. The summed E-state index contributed by atoms with van der Waals surface area (Å²) in [7, 11) is 0. The van der Waals surface area contributed by atoms with E-state index in [1.807, 2.05) is 24.4 Å². The normalized spacial score (nSPS) is 12.8. The lowest BCUT2D eigenvalue weighted by Crippen LogP contribution is -2.14. The van der Waals surface area contributed by atoms with E-state index in [4.69, 9.17) is 14.7 Å². The van der Waals surface area contributed by atoms with Gasteiger partial charge >= 0.3 is 0 Å². The van der Waals surface area contributed by atoms with Crippen molar-refractivity contribution in [1.82, 2.24) is 15.0 Å². The van der Waals surface area contributed by atoms with Gasteiger partial charge in [-0.05, 0) is 86.4 Å². The topological polar surface area (TPSA) is 59.9 Å². The predicted octanol–water partition coefficient (Wildman–Crippen LogP) is 10.3. The molecule has 0 saturated carbocycles. The van der Waals surface area contributed by atoms with Gasteiger partial charge in [-0.2, -0.15) is 0 Å². The van der Waals surface area contributed by atoms with Crippen LogP contribution in [0.15, 0.2) is 66.9 Å². The van der Waals surface area contributed by atoms with Crippen LogP contribution in [-0.4, -0.2) is 15.0 Å².